The molecular formula is C26H27ClN4O3. The minimum absolute atomic E-state index is 0.0264. The van der Waals surface area contributed by atoms with Crippen LogP contribution in [0.2, 0.25) is 5.02 Å². The Morgan fingerprint density at radius 2 is 1.47 bits per heavy atom. The predicted octanol–water partition coefficient (Wildman–Crippen LogP) is 4.10. The molecule has 3 aromatic rings. The number of hydrogen-bond acceptors (Lipinski definition) is 4. The summed E-state index contributed by atoms with van der Waals surface area (Å²) in [5.41, 5.74) is 3.86. The Balaban J connectivity index is 1.36. The van der Waals surface area contributed by atoms with E-state index >= 15 is 0 Å². The third-order valence-electron chi connectivity index (χ3n) is 6.69. The molecule has 176 valence electrons. The summed E-state index contributed by atoms with van der Waals surface area (Å²) in [5, 5.41) is 15.5. The number of carbonyl (C=O) groups is 2. The van der Waals surface area contributed by atoms with Crippen molar-refractivity contribution in [3.63, 3.8) is 0 Å². The zero-order valence-corrected chi connectivity index (χ0v) is 19.7. The molecule has 8 heteroatoms. The molecule has 2 aliphatic rings. The van der Waals surface area contributed by atoms with Crippen molar-refractivity contribution in [2.45, 2.75) is 32.1 Å². The van der Waals surface area contributed by atoms with Crippen molar-refractivity contribution in [2.24, 2.45) is 0 Å². The van der Waals surface area contributed by atoms with E-state index in [2.05, 4.69) is 0 Å². The topological polar surface area (TPSA) is 78.7 Å². The first-order chi connectivity index (χ1) is 16.5. The number of amides is 2. The minimum atomic E-state index is -0.217. The summed E-state index contributed by atoms with van der Waals surface area (Å²) in [6, 6.07) is 14.1. The molecule has 7 nitrogen and oxygen atoms in total. The van der Waals surface area contributed by atoms with Crippen LogP contribution in [0.5, 0.6) is 5.75 Å². The molecule has 0 unspecified atom stereocenters. The molecular weight excluding hydrogens is 452 g/mol. The molecule has 1 aliphatic carbocycles. The van der Waals surface area contributed by atoms with Gasteiger partial charge in [-0.15, -0.1) is 0 Å². The number of fused-ring (bicyclic) bond motifs is 1. The van der Waals surface area contributed by atoms with E-state index in [0.29, 0.717) is 36.9 Å². The smallest absolute Gasteiger partial charge is 0.274 e. The van der Waals surface area contributed by atoms with Gasteiger partial charge in [-0.1, -0.05) is 30.2 Å². The molecule has 1 N–H and O–H groups in total. The first kappa shape index (κ1) is 22.5. The number of hydrogen-bond donors (Lipinski definition) is 1. The average molecular weight is 479 g/mol. The van der Waals surface area contributed by atoms with Crippen LogP contribution in [0.25, 0.3) is 5.69 Å². The van der Waals surface area contributed by atoms with E-state index in [9.17, 15) is 14.7 Å². The highest BCUT2D eigenvalue weighted by Gasteiger charge is 2.31. The largest absolute Gasteiger partial charge is 0.507 e. The van der Waals surface area contributed by atoms with Crippen molar-refractivity contribution < 1.29 is 14.7 Å². The van der Waals surface area contributed by atoms with Crippen LogP contribution < -0.4 is 0 Å². The SMILES string of the molecule is O=C(c1ccccc1O)N1CCN(C(=O)c2nn(-c3ccc(Cl)cc3)c3c2CCCCC3)CC1. The van der Waals surface area contributed by atoms with Crippen LogP contribution in [0.15, 0.2) is 48.5 Å². The molecule has 2 amide bonds. The lowest BCUT2D eigenvalue weighted by atomic mass is 10.1. The zero-order chi connectivity index (χ0) is 23.7. The molecule has 0 bridgehead atoms. The highest BCUT2D eigenvalue weighted by atomic mass is 35.5. The van der Waals surface area contributed by atoms with Gasteiger partial charge >= 0.3 is 0 Å². The van der Waals surface area contributed by atoms with Gasteiger partial charge in [-0.25, -0.2) is 4.68 Å². The molecule has 1 fully saturated rings. The van der Waals surface area contributed by atoms with Crippen LogP contribution in [0.1, 0.15) is 51.4 Å². The summed E-state index contributed by atoms with van der Waals surface area (Å²) in [6.07, 6.45) is 4.99. The van der Waals surface area contributed by atoms with E-state index in [4.69, 9.17) is 16.7 Å². The number of nitrogens with zero attached hydrogens (tertiary/aromatic N) is 4. The molecule has 0 spiro atoms. The van der Waals surface area contributed by atoms with Crippen molar-refractivity contribution in [1.82, 2.24) is 19.6 Å². The van der Waals surface area contributed by atoms with Gasteiger partial charge in [0.05, 0.1) is 11.3 Å². The Labute approximate surface area is 203 Å². The maximum atomic E-state index is 13.6. The summed E-state index contributed by atoms with van der Waals surface area (Å²) >= 11 is 6.08. The molecule has 1 saturated heterocycles. The minimum Gasteiger partial charge on any atom is -0.507 e. The second-order valence-electron chi connectivity index (χ2n) is 8.82. The van der Waals surface area contributed by atoms with Gasteiger partial charge in [0.1, 0.15) is 5.75 Å². The third kappa shape index (κ3) is 4.28. The van der Waals surface area contributed by atoms with Gasteiger partial charge < -0.3 is 14.9 Å². The number of benzene rings is 2. The Kier molecular flexibility index (Phi) is 6.28. The van der Waals surface area contributed by atoms with Gasteiger partial charge in [-0.3, -0.25) is 9.59 Å². The first-order valence-corrected chi connectivity index (χ1v) is 12.1. The molecule has 2 aromatic carbocycles. The van der Waals surface area contributed by atoms with Crippen LogP contribution in [0.3, 0.4) is 0 Å². The van der Waals surface area contributed by atoms with Crippen molar-refractivity contribution in [1.29, 1.82) is 0 Å². The van der Waals surface area contributed by atoms with Crippen molar-refractivity contribution in [2.75, 3.05) is 26.2 Å². The van der Waals surface area contributed by atoms with E-state index in [-0.39, 0.29) is 23.1 Å². The molecule has 34 heavy (non-hydrogen) atoms. The number of carbonyl (C=O) groups excluding carboxylic acids is 2. The monoisotopic (exact) mass is 478 g/mol. The Bertz CT molecular complexity index is 1210. The van der Waals surface area contributed by atoms with Crippen molar-refractivity contribution >= 4 is 23.4 Å². The van der Waals surface area contributed by atoms with Gasteiger partial charge in [0.2, 0.25) is 0 Å². The second-order valence-corrected chi connectivity index (χ2v) is 9.26. The quantitative estimate of drug-likeness (QED) is 0.575. The van der Waals surface area contributed by atoms with Crippen LogP contribution in [0, 0.1) is 0 Å². The van der Waals surface area contributed by atoms with Gasteiger partial charge in [-0.2, -0.15) is 5.10 Å². The average Bonchev–Trinajstić information content (AvgIpc) is 3.04. The summed E-state index contributed by atoms with van der Waals surface area (Å²) in [5.74, 6) is -0.326. The van der Waals surface area contributed by atoms with Crippen LogP contribution in [0.4, 0.5) is 0 Å². The normalized spacial score (nSPS) is 16.1. The highest BCUT2D eigenvalue weighted by molar-refractivity contribution is 6.30. The zero-order valence-electron chi connectivity index (χ0n) is 18.9. The molecule has 0 saturated carbocycles. The van der Waals surface area contributed by atoms with E-state index < -0.39 is 0 Å². The lowest BCUT2D eigenvalue weighted by Crippen LogP contribution is -2.50. The van der Waals surface area contributed by atoms with Gasteiger partial charge in [-0.05, 0) is 62.1 Å². The van der Waals surface area contributed by atoms with Crippen molar-refractivity contribution in [3.05, 3.63) is 76.1 Å². The Morgan fingerprint density at radius 3 is 2.18 bits per heavy atom. The lowest BCUT2D eigenvalue weighted by Gasteiger charge is -2.34. The fourth-order valence-electron chi connectivity index (χ4n) is 4.83. The summed E-state index contributed by atoms with van der Waals surface area (Å²) < 4.78 is 1.90. The fourth-order valence-corrected chi connectivity index (χ4v) is 4.96. The third-order valence-corrected chi connectivity index (χ3v) is 6.94. The van der Waals surface area contributed by atoms with E-state index in [0.717, 1.165) is 49.0 Å². The van der Waals surface area contributed by atoms with Crippen LogP contribution in [-0.4, -0.2) is 62.7 Å². The van der Waals surface area contributed by atoms with E-state index in [1.165, 1.54) is 6.07 Å². The number of aromatic hydroxyl groups is 1. The molecule has 0 atom stereocenters. The Hall–Kier alpha value is -3.32. The maximum Gasteiger partial charge on any atom is 0.274 e. The van der Waals surface area contributed by atoms with E-state index in [1.54, 1.807) is 28.0 Å². The maximum absolute atomic E-state index is 13.6. The summed E-state index contributed by atoms with van der Waals surface area (Å²) in [4.78, 5) is 29.9. The Morgan fingerprint density at radius 1 is 0.824 bits per heavy atom. The molecule has 0 radical (unpaired) electrons. The lowest BCUT2D eigenvalue weighted by molar-refractivity contribution is 0.0529. The number of rotatable bonds is 3. The molecule has 1 aliphatic heterocycles. The number of piperazine rings is 1. The van der Waals surface area contributed by atoms with Crippen LogP contribution >= 0.6 is 11.6 Å². The van der Waals surface area contributed by atoms with Gasteiger partial charge in [0, 0.05) is 42.5 Å². The number of phenols is 1. The number of aromatic nitrogens is 2. The van der Waals surface area contributed by atoms with Crippen molar-refractivity contribution in [3.8, 4) is 11.4 Å². The molecule has 1 aromatic heterocycles. The molecule has 2 heterocycles. The highest BCUT2D eigenvalue weighted by Crippen LogP contribution is 2.28. The second kappa shape index (κ2) is 9.50. The number of phenolic OH excluding ortho intramolecular Hbond substituents is 1. The standard InChI is InChI=1S/C26H27ClN4O3/c27-18-10-12-19(13-11-18)31-22-8-3-1-2-6-20(22)24(28-31)26(34)30-16-14-29(15-17-30)25(33)21-7-4-5-9-23(21)32/h4-5,7,9-13,32H,1-3,6,8,14-17H2. The van der Waals surface area contributed by atoms with E-state index in [1.807, 2.05) is 28.9 Å². The molecule has 5 rings (SSSR count). The van der Waals surface area contributed by atoms with Gasteiger partial charge in [0.15, 0.2) is 5.69 Å². The number of halogens is 1. The van der Waals surface area contributed by atoms with Gasteiger partial charge in [0.25, 0.3) is 11.8 Å². The summed E-state index contributed by atoms with van der Waals surface area (Å²) in [7, 11) is 0. The van der Waals surface area contributed by atoms with Crippen LogP contribution in [-0.2, 0) is 12.8 Å². The fraction of sp³-hybridized carbons (Fsp3) is 0.346. The predicted molar refractivity (Wildman–Crippen MR) is 130 cm³/mol. The first-order valence-electron chi connectivity index (χ1n) is 11.8. The number of para-hydroxylation sites is 1. The summed E-state index contributed by atoms with van der Waals surface area (Å²) in [6.45, 7) is 1.69.